The average molecular weight is 450 g/mol. The van der Waals surface area contributed by atoms with E-state index in [1.807, 2.05) is 36.7 Å². The Hall–Kier alpha value is -2.08. The fourth-order valence-electron chi connectivity index (χ4n) is 5.04. The average Bonchev–Trinajstić information content (AvgIpc) is 3.48. The van der Waals surface area contributed by atoms with Gasteiger partial charge in [-0.1, -0.05) is 18.2 Å². The minimum Gasteiger partial charge on any atom is -0.372 e. The van der Waals surface area contributed by atoms with Gasteiger partial charge in [0.05, 0.1) is 5.69 Å². The van der Waals surface area contributed by atoms with Gasteiger partial charge in [0.15, 0.2) is 0 Å². The lowest BCUT2D eigenvalue weighted by Gasteiger charge is -2.41. The number of rotatable bonds is 9. The lowest BCUT2D eigenvalue weighted by molar-refractivity contribution is -0.0460. The Morgan fingerprint density at radius 1 is 1.16 bits per heavy atom. The molecule has 4 heterocycles. The first-order valence-corrected chi connectivity index (χ1v) is 12.6. The number of nitrogens with zero attached hydrogens (tertiary/aromatic N) is 3. The molecule has 0 bridgehead atoms. The standard InChI is InChI=1S/C27H35N3OS/c1-5-31-25(24-10-6-7-16-28-24)27(14-13-23-9-8-18-32-23)15-17-30(20-27)26(3,4)22-12-11-21(2)29-19-22/h6-12,16,18-19,25H,5,13-15,17,20H2,1-4H3/t25-,27+/m1/s1. The molecule has 0 N–H and O–H groups in total. The van der Waals surface area contributed by atoms with E-state index in [9.17, 15) is 0 Å². The number of ether oxygens (including phenoxy) is 1. The Balaban J connectivity index is 1.65. The van der Waals surface area contributed by atoms with Gasteiger partial charge in [0.2, 0.25) is 0 Å². The SMILES string of the molecule is CCO[C@H](c1ccccn1)[C@@]1(CCc2cccs2)CCN(C(C)(C)c2ccc(C)nc2)C1. The zero-order valence-corrected chi connectivity index (χ0v) is 20.6. The Kier molecular flexibility index (Phi) is 7.08. The van der Waals surface area contributed by atoms with Crippen molar-refractivity contribution in [3.63, 3.8) is 0 Å². The fourth-order valence-corrected chi connectivity index (χ4v) is 5.74. The summed E-state index contributed by atoms with van der Waals surface area (Å²) in [5, 5.41) is 2.18. The zero-order chi connectivity index (χ0) is 22.6. The molecular formula is C27H35N3OS. The van der Waals surface area contributed by atoms with E-state index in [-0.39, 0.29) is 17.1 Å². The molecule has 3 aromatic heterocycles. The molecule has 5 heteroatoms. The Morgan fingerprint density at radius 3 is 2.69 bits per heavy atom. The molecule has 0 radical (unpaired) electrons. The number of thiophene rings is 1. The van der Waals surface area contributed by atoms with Gasteiger partial charge in [-0.25, -0.2) is 0 Å². The first kappa shape index (κ1) is 23.1. The normalized spacial score (nSPS) is 20.5. The summed E-state index contributed by atoms with van der Waals surface area (Å²) in [6, 6.07) is 14.9. The van der Waals surface area contributed by atoms with E-state index in [2.05, 4.69) is 72.4 Å². The third kappa shape index (κ3) is 4.80. The van der Waals surface area contributed by atoms with Gasteiger partial charge < -0.3 is 4.74 Å². The Labute approximate surface area is 196 Å². The maximum absolute atomic E-state index is 6.47. The largest absolute Gasteiger partial charge is 0.372 e. The van der Waals surface area contributed by atoms with Crippen LogP contribution in [0.1, 0.15) is 61.5 Å². The van der Waals surface area contributed by atoms with E-state index in [4.69, 9.17) is 9.72 Å². The van der Waals surface area contributed by atoms with Crippen LogP contribution in [-0.4, -0.2) is 34.6 Å². The van der Waals surface area contributed by atoms with Gasteiger partial charge >= 0.3 is 0 Å². The van der Waals surface area contributed by atoms with Crippen molar-refractivity contribution in [2.24, 2.45) is 5.41 Å². The monoisotopic (exact) mass is 449 g/mol. The second kappa shape index (κ2) is 9.82. The summed E-state index contributed by atoms with van der Waals surface area (Å²) in [4.78, 5) is 13.4. The molecule has 3 aromatic rings. The second-order valence-corrected chi connectivity index (χ2v) is 10.5. The highest BCUT2D eigenvalue weighted by atomic mass is 32.1. The predicted octanol–water partition coefficient (Wildman–Crippen LogP) is 6.18. The van der Waals surface area contributed by atoms with Crippen molar-refractivity contribution < 1.29 is 4.74 Å². The van der Waals surface area contributed by atoms with Gasteiger partial charge in [-0.2, -0.15) is 0 Å². The first-order valence-electron chi connectivity index (χ1n) is 11.7. The molecule has 1 aliphatic heterocycles. The van der Waals surface area contributed by atoms with E-state index >= 15 is 0 Å². The molecule has 1 fully saturated rings. The maximum Gasteiger partial charge on any atom is 0.106 e. The van der Waals surface area contributed by atoms with Crippen LogP contribution in [0.2, 0.25) is 0 Å². The molecule has 170 valence electrons. The van der Waals surface area contributed by atoms with Crippen molar-refractivity contribution in [1.82, 2.24) is 14.9 Å². The van der Waals surface area contributed by atoms with E-state index in [1.165, 1.54) is 10.4 Å². The second-order valence-electron chi connectivity index (χ2n) is 9.45. The molecule has 32 heavy (non-hydrogen) atoms. The number of pyridine rings is 2. The summed E-state index contributed by atoms with van der Waals surface area (Å²) in [6.45, 7) is 11.5. The summed E-state index contributed by atoms with van der Waals surface area (Å²) in [7, 11) is 0. The fraction of sp³-hybridized carbons (Fsp3) is 0.481. The lowest BCUT2D eigenvalue weighted by atomic mass is 9.75. The van der Waals surface area contributed by atoms with Crippen LogP contribution >= 0.6 is 11.3 Å². The van der Waals surface area contributed by atoms with Crippen LogP contribution in [0.3, 0.4) is 0 Å². The molecule has 1 saturated heterocycles. The summed E-state index contributed by atoms with van der Waals surface area (Å²) >= 11 is 1.85. The maximum atomic E-state index is 6.47. The van der Waals surface area contributed by atoms with E-state index < -0.39 is 0 Å². The van der Waals surface area contributed by atoms with Crippen LogP contribution in [0.4, 0.5) is 0 Å². The quantitative estimate of drug-likeness (QED) is 0.391. The number of aryl methyl sites for hydroxylation is 2. The molecule has 0 unspecified atom stereocenters. The van der Waals surface area contributed by atoms with Gasteiger partial charge in [-0.05, 0) is 88.7 Å². The molecule has 1 aliphatic rings. The third-order valence-electron chi connectivity index (χ3n) is 7.09. The van der Waals surface area contributed by atoms with Crippen LogP contribution in [0.25, 0.3) is 0 Å². The Morgan fingerprint density at radius 2 is 2.03 bits per heavy atom. The van der Waals surface area contributed by atoms with Crippen molar-refractivity contribution in [2.75, 3.05) is 19.7 Å². The molecule has 0 spiro atoms. The van der Waals surface area contributed by atoms with Crippen LogP contribution in [0, 0.1) is 12.3 Å². The number of likely N-dealkylation sites (tertiary alicyclic amines) is 1. The van der Waals surface area contributed by atoms with Crippen molar-refractivity contribution >= 4 is 11.3 Å². The smallest absolute Gasteiger partial charge is 0.106 e. The summed E-state index contributed by atoms with van der Waals surface area (Å²) < 4.78 is 6.47. The van der Waals surface area contributed by atoms with Gasteiger partial charge in [0.25, 0.3) is 0 Å². The summed E-state index contributed by atoms with van der Waals surface area (Å²) in [5.74, 6) is 0. The van der Waals surface area contributed by atoms with E-state index in [1.54, 1.807) is 0 Å². The van der Waals surface area contributed by atoms with Crippen molar-refractivity contribution in [3.8, 4) is 0 Å². The minimum absolute atomic E-state index is 0.00870. The van der Waals surface area contributed by atoms with E-state index in [0.717, 1.165) is 43.7 Å². The molecule has 0 aromatic carbocycles. The van der Waals surface area contributed by atoms with Gasteiger partial charge in [-0.15, -0.1) is 11.3 Å². The predicted molar refractivity (Wildman–Crippen MR) is 132 cm³/mol. The molecule has 4 nitrogen and oxygen atoms in total. The number of hydrogen-bond acceptors (Lipinski definition) is 5. The Bertz CT molecular complexity index is 972. The van der Waals surface area contributed by atoms with E-state index in [0.29, 0.717) is 6.61 Å². The molecule has 2 atom stereocenters. The zero-order valence-electron chi connectivity index (χ0n) is 19.8. The van der Waals surface area contributed by atoms with Crippen molar-refractivity contribution in [2.45, 2.75) is 58.6 Å². The minimum atomic E-state index is -0.0910. The van der Waals surface area contributed by atoms with Gasteiger partial charge in [0, 0.05) is 47.1 Å². The first-order chi connectivity index (χ1) is 15.4. The van der Waals surface area contributed by atoms with Crippen LogP contribution in [-0.2, 0) is 16.7 Å². The molecule has 0 amide bonds. The molecule has 0 saturated carbocycles. The number of aromatic nitrogens is 2. The van der Waals surface area contributed by atoms with Crippen LogP contribution in [0.15, 0.2) is 60.2 Å². The molecule has 0 aliphatic carbocycles. The number of hydrogen-bond donors (Lipinski definition) is 0. The highest BCUT2D eigenvalue weighted by Gasteiger charge is 2.49. The third-order valence-corrected chi connectivity index (χ3v) is 8.03. The van der Waals surface area contributed by atoms with Crippen molar-refractivity contribution in [1.29, 1.82) is 0 Å². The highest BCUT2D eigenvalue weighted by Crippen LogP contribution is 2.50. The topological polar surface area (TPSA) is 38.2 Å². The van der Waals surface area contributed by atoms with Gasteiger partial charge in [0.1, 0.15) is 6.10 Å². The molecular weight excluding hydrogens is 414 g/mol. The summed E-state index contributed by atoms with van der Waals surface area (Å²) in [6.07, 6.45) is 7.19. The highest BCUT2D eigenvalue weighted by molar-refractivity contribution is 7.09. The summed E-state index contributed by atoms with van der Waals surface area (Å²) in [5.41, 5.74) is 3.30. The van der Waals surface area contributed by atoms with Crippen LogP contribution < -0.4 is 0 Å². The lowest BCUT2D eigenvalue weighted by Crippen LogP contribution is -2.43. The van der Waals surface area contributed by atoms with Crippen molar-refractivity contribution in [3.05, 3.63) is 82.1 Å². The van der Waals surface area contributed by atoms with Crippen LogP contribution in [0.5, 0.6) is 0 Å². The molecule has 4 rings (SSSR count). The van der Waals surface area contributed by atoms with Gasteiger partial charge in [-0.3, -0.25) is 14.9 Å².